The summed E-state index contributed by atoms with van der Waals surface area (Å²) in [5, 5.41) is 2.85. The number of carbonyl (C=O) groups excluding carboxylic acids is 1. The predicted molar refractivity (Wildman–Crippen MR) is 135 cm³/mol. The van der Waals surface area contributed by atoms with Crippen molar-refractivity contribution in [2.45, 2.75) is 11.4 Å². The van der Waals surface area contributed by atoms with Gasteiger partial charge in [0.2, 0.25) is 0 Å². The molecule has 0 bridgehead atoms. The molecule has 0 spiro atoms. The maximum Gasteiger partial charge on any atom is 0.262 e. The Kier molecular flexibility index (Phi) is 7.52. The molecular weight excluding hydrogens is 466 g/mol. The van der Waals surface area contributed by atoms with Gasteiger partial charge in [0, 0.05) is 44.5 Å². The summed E-state index contributed by atoms with van der Waals surface area (Å²) in [6.07, 6.45) is 1.77. The van der Waals surface area contributed by atoms with E-state index in [2.05, 4.69) is 31.9 Å². The van der Waals surface area contributed by atoms with Crippen LogP contribution in [0, 0.1) is 0 Å². The number of aromatic nitrogens is 1. The molecule has 0 saturated carbocycles. The number of rotatable bonds is 8. The summed E-state index contributed by atoms with van der Waals surface area (Å²) in [5.74, 6) is 1.06. The first-order chi connectivity index (χ1) is 16.9. The number of ether oxygens (including phenoxy) is 1. The van der Waals surface area contributed by atoms with Crippen molar-refractivity contribution < 1.29 is 17.9 Å². The van der Waals surface area contributed by atoms with Crippen LogP contribution in [0.3, 0.4) is 0 Å². The topological polar surface area (TPSA) is 104 Å². The van der Waals surface area contributed by atoms with Crippen LogP contribution in [0.15, 0.2) is 71.8 Å². The molecule has 1 fully saturated rings. The molecule has 0 radical (unpaired) electrons. The fourth-order valence-corrected chi connectivity index (χ4v) is 4.82. The zero-order valence-electron chi connectivity index (χ0n) is 19.8. The molecule has 35 heavy (non-hydrogen) atoms. The first kappa shape index (κ1) is 24.5. The van der Waals surface area contributed by atoms with E-state index < -0.39 is 10.0 Å². The number of likely N-dealkylation sites (N-methyl/N-ethyl adjacent to an activating group) is 1. The molecule has 0 unspecified atom stereocenters. The lowest BCUT2D eigenvalue weighted by Gasteiger charge is -2.33. The number of hydrogen-bond acceptors (Lipinski definition) is 7. The van der Waals surface area contributed by atoms with Crippen LogP contribution in [-0.2, 0) is 16.6 Å². The van der Waals surface area contributed by atoms with Gasteiger partial charge in [0.05, 0.1) is 17.7 Å². The van der Waals surface area contributed by atoms with Gasteiger partial charge in [0.1, 0.15) is 11.6 Å². The predicted octanol–water partition coefficient (Wildman–Crippen LogP) is 2.57. The third-order valence-corrected chi connectivity index (χ3v) is 7.25. The number of anilines is 2. The largest absolute Gasteiger partial charge is 0.495 e. The van der Waals surface area contributed by atoms with Crippen molar-refractivity contribution in [2.24, 2.45) is 0 Å². The molecule has 0 atom stereocenters. The van der Waals surface area contributed by atoms with E-state index in [1.165, 1.54) is 31.4 Å². The number of pyridine rings is 1. The Morgan fingerprint density at radius 2 is 1.71 bits per heavy atom. The normalized spacial score (nSPS) is 14.4. The Morgan fingerprint density at radius 3 is 2.37 bits per heavy atom. The van der Waals surface area contributed by atoms with Gasteiger partial charge in [0.25, 0.3) is 15.9 Å². The Bertz CT molecular complexity index is 1260. The van der Waals surface area contributed by atoms with Crippen LogP contribution in [-0.4, -0.2) is 64.5 Å². The number of nitrogens with zero attached hydrogens (tertiary/aromatic N) is 3. The number of nitrogens with one attached hydrogen (secondary N) is 2. The van der Waals surface area contributed by atoms with E-state index in [9.17, 15) is 13.2 Å². The number of benzene rings is 2. The standard InChI is InChI=1S/C25H29N5O4S/c1-29-13-15-30(16-14-29)24-12-7-19(17-26-24)18-27-25(31)20-8-10-21(11-9-20)35(32,33)28-22-5-3-4-6-23(22)34-2/h3-12,17,28H,13-16,18H2,1-2H3,(H,27,31). The second-order valence-electron chi connectivity index (χ2n) is 8.33. The lowest BCUT2D eigenvalue weighted by molar-refractivity contribution is 0.0951. The minimum absolute atomic E-state index is 0.0450. The van der Waals surface area contributed by atoms with Gasteiger partial charge >= 0.3 is 0 Å². The smallest absolute Gasteiger partial charge is 0.262 e. The van der Waals surface area contributed by atoms with E-state index in [0.29, 0.717) is 23.5 Å². The van der Waals surface area contributed by atoms with Crippen LogP contribution in [0.5, 0.6) is 5.75 Å². The van der Waals surface area contributed by atoms with Crippen molar-refractivity contribution in [1.29, 1.82) is 0 Å². The van der Waals surface area contributed by atoms with Crippen LogP contribution >= 0.6 is 0 Å². The van der Waals surface area contributed by atoms with Crippen LogP contribution < -0.4 is 19.7 Å². The van der Waals surface area contributed by atoms with Gasteiger partial charge in [-0.3, -0.25) is 9.52 Å². The molecule has 1 aliphatic heterocycles. The van der Waals surface area contributed by atoms with Crippen LogP contribution in [0.1, 0.15) is 15.9 Å². The summed E-state index contributed by atoms with van der Waals surface area (Å²) in [7, 11) is -0.253. The summed E-state index contributed by atoms with van der Waals surface area (Å²) in [6, 6.07) is 16.5. The highest BCUT2D eigenvalue weighted by Crippen LogP contribution is 2.26. The lowest BCUT2D eigenvalue weighted by atomic mass is 10.2. The fourth-order valence-electron chi connectivity index (χ4n) is 3.75. The molecule has 3 aromatic rings. The number of methoxy groups -OCH3 is 1. The van der Waals surface area contributed by atoms with Gasteiger partial charge in [-0.05, 0) is 55.1 Å². The average molecular weight is 496 g/mol. The van der Waals surface area contributed by atoms with Crippen molar-refractivity contribution in [3.8, 4) is 5.75 Å². The Balaban J connectivity index is 1.34. The molecule has 184 valence electrons. The lowest BCUT2D eigenvalue weighted by Crippen LogP contribution is -2.44. The highest BCUT2D eigenvalue weighted by atomic mass is 32.2. The monoisotopic (exact) mass is 495 g/mol. The molecule has 1 saturated heterocycles. The second-order valence-corrected chi connectivity index (χ2v) is 10.0. The molecule has 2 N–H and O–H groups in total. The van der Waals surface area contributed by atoms with Crippen molar-refractivity contribution in [2.75, 3.05) is 50.0 Å². The van der Waals surface area contributed by atoms with Crippen molar-refractivity contribution >= 4 is 27.4 Å². The van der Waals surface area contributed by atoms with Gasteiger partial charge < -0.3 is 19.9 Å². The molecule has 9 nitrogen and oxygen atoms in total. The van der Waals surface area contributed by atoms with Crippen molar-refractivity contribution in [3.63, 3.8) is 0 Å². The third kappa shape index (κ3) is 6.09. The highest BCUT2D eigenvalue weighted by Gasteiger charge is 2.18. The fraction of sp³-hybridized carbons (Fsp3) is 0.280. The van der Waals surface area contributed by atoms with Gasteiger partial charge in [0.15, 0.2) is 0 Å². The molecule has 10 heteroatoms. The Morgan fingerprint density at radius 1 is 1.00 bits per heavy atom. The maximum absolute atomic E-state index is 12.7. The van der Waals surface area contributed by atoms with E-state index in [-0.39, 0.29) is 10.8 Å². The molecule has 4 rings (SSSR count). The number of sulfonamides is 1. The van der Waals surface area contributed by atoms with Gasteiger partial charge in [-0.15, -0.1) is 0 Å². The van der Waals surface area contributed by atoms with E-state index in [4.69, 9.17) is 4.74 Å². The summed E-state index contributed by atoms with van der Waals surface area (Å²) in [4.78, 5) is 21.7. The summed E-state index contributed by atoms with van der Waals surface area (Å²) >= 11 is 0. The number of carbonyl (C=O) groups is 1. The Hall–Kier alpha value is -3.63. The Labute approximate surface area is 205 Å². The minimum Gasteiger partial charge on any atom is -0.495 e. The zero-order valence-corrected chi connectivity index (χ0v) is 20.6. The average Bonchev–Trinajstić information content (AvgIpc) is 2.88. The summed E-state index contributed by atoms with van der Waals surface area (Å²) in [5.41, 5.74) is 1.59. The first-order valence-corrected chi connectivity index (χ1v) is 12.8. The molecular formula is C25H29N5O4S. The number of para-hydroxylation sites is 2. The SMILES string of the molecule is COc1ccccc1NS(=O)(=O)c1ccc(C(=O)NCc2ccc(N3CCN(C)CC3)nc2)cc1. The molecule has 1 amide bonds. The van der Waals surface area contributed by atoms with E-state index >= 15 is 0 Å². The number of amides is 1. The molecule has 2 heterocycles. The van der Waals surface area contributed by atoms with Crippen molar-refractivity contribution in [1.82, 2.24) is 15.2 Å². The highest BCUT2D eigenvalue weighted by molar-refractivity contribution is 7.92. The van der Waals surface area contributed by atoms with Gasteiger partial charge in [-0.25, -0.2) is 13.4 Å². The molecule has 0 aliphatic carbocycles. The van der Waals surface area contributed by atoms with Gasteiger partial charge in [-0.1, -0.05) is 18.2 Å². The minimum atomic E-state index is -3.84. The third-order valence-electron chi connectivity index (χ3n) is 5.87. The van der Waals surface area contributed by atoms with Crippen LogP contribution in [0.25, 0.3) is 0 Å². The van der Waals surface area contributed by atoms with E-state index in [0.717, 1.165) is 37.6 Å². The maximum atomic E-state index is 12.7. The first-order valence-electron chi connectivity index (χ1n) is 11.3. The van der Waals surface area contributed by atoms with E-state index in [1.807, 2.05) is 12.1 Å². The quantitative estimate of drug-likeness (QED) is 0.495. The van der Waals surface area contributed by atoms with Gasteiger partial charge in [-0.2, -0.15) is 0 Å². The number of piperazine rings is 1. The van der Waals surface area contributed by atoms with E-state index in [1.54, 1.807) is 30.5 Å². The van der Waals surface area contributed by atoms with Crippen molar-refractivity contribution in [3.05, 3.63) is 78.0 Å². The molecule has 2 aromatic carbocycles. The zero-order chi connectivity index (χ0) is 24.8. The molecule has 1 aliphatic rings. The van der Waals surface area contributed by atoms with Crippen LogP contribution in [0.4, 0.5) is 11.5 Å². The summed E-state index contributed by atoms with van der Waals surface area (Å²) in [6.45, 7) is 4.23. The summed E-state index contributed by atoms with van der Waals surface area (Å²) < 4.78 is 33.2. The van der Waals surface area contributed by atoms with Crippen LogP contribution in [0.2, 0.25) is 0 Å². The molecule has 1 aromatic heterocycles. The number of hydrogen-bond donors (Lipinski definition) is 2. The second kappa shape index (κ2) is 10.7.